The van der Waals surface area contributed by atoms with E-state index < -0.39 is 10.0 Å². The van der Waals surface area contributed by atoms with Crippen molar-refractivity contribution in [2.24, 2.45) is 0 Å². The van der Waals surface area contributed by atoms with Crippen LogP contribution in [0.1, 0.15) is 27.2 Å². The Morgan fingerprint density at radius 3 is 2.69 bits per heavy atom. The second kappa shape index (κ2) is 4.84. The maximum Gasteiger partial charge on any atom is 0.246 e. The Balaban J connectivity index is 3.03. The summed E-state index contributed by atoms with van der Waals surface area (Å²) in [5.74, 6) is 0.0431. The van der Waals surface area contributed by atoms with Gasteiger partial charge in [-0.3, -0.25) is 4.68 Å². The number of anilines is 1. The first-order valence-corrected chi connectivity index (χ1v) is 6.70. The van der Waals surface area contributed by atoms with Gasteiger partial charge in [0.25, 0.3) is 0 Å². The molecule has 6 nitrogen and oxygen atoms in total. The minimum atomic E-state index is -3.55. The topological polar surface area (TPSA) is 90.0 Å². The number of nitrogens with zero attached hydrogens (tertiary/aromatic N) is 2. The monoisotopic (exact) mass is 246 g/mol. The van der Waals surface area contributed by atoms with Crippen molar-refractivity contribution in [2.75, 3.05) is 5.73 Å². The third kappa shape index (κ3) is 2.96. The molecule has 0 aliphatic heterocycles. The molecule has 1 aromatic rings. The summed E-state index contributed by atoms with van der Waals surface area (Å²) >= 11 is 0. The van der Waals surface area contributed by atoms with Gasteiger partial charge in [-0.2, -0.15) is 5.10 Å². The maximum absolute atomic E-state index is 11.8. The summed E-state index contributed by atoms with van der Waals surface area (Å²) in [6.45, 7) is 6.15. The van der Waals surface area contributed by atoms with Crippen LogP contribution in [0.15, 0.2) is 11.1 Å². The van der Waals surface area contributed by atoms with E-state index in [2.05, 4.69) is 9.82 Å². The van der Waals surface area contributed by atoms with Crippen LogP contribution in [0, 0.1) is 0 Å². The molecule has 0 atom stereocenters. The zero-order chi connectivity index (χ0) is 12.3. The summed E-state index contributed by atoms with van der Waals surface area (Å²) in [5.41, 5.74) is 5.58. The summed E-state index contributed by atoms with van der Waals surface area (Å²) in [7, 11) is -3.55. The molecule has 0 amide bonds. The second-order valence-electron chi connectivity index (χ2n) is 3.92. The largest absolute Gasteiger partial charge is 0.381 e. The fourth-order valence-corrected chi connectivity index (χ4v) is 2.67. The molecule has 1 rings (SSSR count). The van der Waals surface area contributed by atoms with Crippen molar-refractivity contribution in [3.63, 3.8) is 0 Å². The van der Waals surface area contributed by atoms with Gasteiger partial charge < -0.3 is 5.73 Å². The Labute approximate surface area is 95.9 Å². The fourth-order valence-electron chi connectivity index (χ4n) is 1.34. The number of sulfonamides is 1. The van der Waals surface area contributed by atoms with E-state index in [1.807, 2.05) is 6.92 Å². The van der Waals surface area contributed by atoms with Gasteiger partial charge in [0.1, 0.15) is 4.90 Å². The smallest absolute Gasteiger partial charge is 0.246 e. The SMILES string of the molecule is CCCn1cc(S(=O)(=O)NC(C)C)c(N)n1. The standard InChI is InChI=1S/C9H18N4O2S/c1-4-5-13-6-8(9(10)11-13)16(14,15)12-7(2)3/h6-7,12H,4-5H2,1-3H3,(H2,10,11). The van der Waals surface area contributed by atoms with Gasteiger partial charge in [0.2, 0.25) is 10.0 Å². The van der Waals surface area contributed by atoms with Gasteiger partial charge in [-0.25, -0.2) is 13.1 Å². The number of nitrogens with one attached hydrogen (secondary N) is 1. The zero-order valence-electron chi connectivity index (χ0n) is 9.77. The average molecular weight is 246 g/mol. The lowest BCUT2D eigenvalue weighted by Crippen LogP contribution is -2.30. The van der Waals surface area contributed by atoms with E-state index in [0.717, 1.165) is 6.42 Å². The first kappa shape index (κ1) is 13.0. The minimum Gasteiger partial charge on any atom is -0.381 e. The third-order valence-corrected chi connectivity index (χ3v) is 3.56. The molecule has 3 N–H and O–H groups in total. The molecule has 0 unspecified atom stereocenters. The van der Waals surface area contributed by atoms with Crippen molar-refractivity contribution >= 4 is 15.8 Å². The molecule has 92 valence electrons. The van der Waals surface area contributed by atoms with Crippen molar-refractivity contribution in [3.05, 3.63) is 6.20 Å². The summed E-state index contributed by atoms with van der Waals surface area (Å²) < 4.78 is 27.7. The molecule has 0 aromatic carbocycles. The lowest BCUT2D eigenvalue weighted by Gasteiger charge is -2.07. The Morgan fingerprint density at radius 2 is 2.19 bits per heavy atom. The number of nitrogens with two attached hydrogens (primary N) is 1. The van der Waals surface area contributed by atoms with Crippen molar-refractivity contribution in [1.82, 2.24) is 14.5 Å². The van der Waals surface area contributed by atoms with E-state index in [1.54, 1.807) is 18.5 Å². The van der Waals surface area contributed by atoms with Crippen LogP contribution in [0.2, 0.25) is 0 Å². The molecule has 0 radical (unpaired) electrons. The summed E-state index contributed by atoms with van der Waals surface area (Å²) in [6, 6.07) is -0.168. The Kier molecular flexibility index (Phi) is 3.93. The van der Waals surface area contributed by atoms with Crippen LogP contribution < -0.4 is 10.5 Å². The molecule has 16 heavy (non-hydrogen) atoms. The lowest BCUT2D eigenvalue weighted by molar-refractivity contribution is 0.568. The van der Waals surface area contributed by atoms with E-state index in [1.165, 1.54) is 6.20 Å². The van der Waals surface area contributed by atoms with E-state index >= 15 is 0 Å². The summed E-state index contributed by atoms with van der Waals surface area (Å²) in [5, 5.41) is 3.95. The molecule has 1 heterocycles. The quantitative estimate of drug-likeness (QED) is 0.794. The van der Waals surface area contributed by atoms with Gasteiger partial charge in [-0.1, -0.05) is 6.92 Å². The number of nitrogen functional groups attached to an aromatic ring is 1. The van der Waals surface area contributed by atoms with Gasteiger partial charge in [-0.05, 0) is 20.3 Å². The lowest BCUT2D eigenvalue weighted by atomic mass is 10.4. The first-order valence-electron chi connectivity index (χ1n) is 5.22. The van der Waals surface area contributed by atoms with Crippen LogP contribution in [-0.2, 0) is 16.6 Å². The molecular formula is C9H18N4O2S. The number of aromatic nitrogens is 2. The molecule has 0 spiro atoms. The van der Waals surface area contributed by atoms with Gasteiger partial charge in [0.15, 0.2) is 5.82 Å². The van der Waals surface area contributed by atoms with Crippen LogP contribution in [0.25, 0.3) is 0 Å². The van der Waals surface area contributed by atoms with Crippen LogP contribution >= 0.6 is 0 Å². The highest BCUT2D eigenvalue weighted by molar-refractivity contribution is 7.89. The van der Waals surface area contributed by atoms with Crippen LogP contribution in [0.5, 0.6) is 0 Å². The molecular weight excluding hydrogens is 228 g/mol. The number of hydrogen-bond acceptors (Lipinski definition) is 4. The molecule has 7 heteroatoms. The van der Waals surface area contributed by atoms with Crippen molar-refractivity contribution in [3.8, 4) is 0 Å². The zero-order valence-corrected chi connectivity index (χ0v) is 10.6. The van der Waals surface area contributed by atoms with Gasteiger partial charge in [0.05, 0.1) is 0 Å². The minimum absolute atomic E-state index is 0.0431. The van der Waals surface area contributed by atoms with E-state index in [-0.39, 0.29) is 16.8 Å². The second-order valence-corrected chi connectivity index (χ2v) is 5.60. The first-order chi connectivity index (χ1) is 7.36. The number of hydrogen-bond donors (Lipinski definition) is 2. The molecule has 0 fully saturated rings. The highest BCUT2D eigenvalue weighted by Crippen LogP contribution is 2.16. The Hall–Kier alpha value is -1.08. The van der Waals surface area contributed by atoms with Crippen molar-refractivity contribution < 1.29 is 8.42 Å². The third-order valence-electron chi connectivity index (χ3n) is 1.89. The molecule has 0 aliphatic rings. The number of rotatable bonds is 5. The maximum atomic E-state index is 11.8. The van der Waals surface area contributed by atoms with E-state index in [9.17, 15) is 8.42 Å². The predicted octanol–water partition coefficient (Wildman–Crippen LogP) is 0.562. The van der Waals surface area contributed by atoms with Gasteiger partial charge >= 0.3 is 0 Å². The van der Waals surface area contributed by atoms with Crippen LogP contribution in [0.3, 0.4) is 0 Å². The molecule has 1 aromatic heterocycles. The molecule has 0 bridgehead atoms. The summed E-state index contributed by atoms with van der Waals surface area (Å²) in [6.07, 6.45) is 2.34. The number of aryl methyl sites for hydroxylation is 1. The Morgan fingerprint density at radius 1 is 1.56 bits per heavy atom. The van der Waals surface area contributed by atoms with Crippen molar-refractivity contribution in [2.45, 2.75) is 44.7 Å². The Bertz CT molecular complexity index is 450. The highest BCUT2D eigenvalue weighted by atomic mass is 32.2. The summed E-state index contributed by atoms with van der Waals surface area (Å²) in [4.78, 5) is 0.0506. The van der Waals surface area contributed by atoms with E-state index in [0.29, 0.717) is 6.54 Å². The predicted molar refractivity (Wildman–Crippen MR) is 62.4 cm³/mol. The van der Waals surface area contributed by atoms with E-state index in [4.69, 9.17) is 5.73 Å². The van der Waals surface area contributed by atoms with Gasteiger partial charge in [0, 0.05) is 18.8 Å². The molecule has 0 saturated heterocycles. The molecule has 0 aliphatic carbocycles. The normalized spacial score (nSPS) is 12.2. The molecule has 0 saturated carbocycles. The average Bonchev–Trinajstić information content (AvgIpc) is 2.45. The van der Waals surface area contributed by atoms with Crippen molar-refractivity contribution in [1.29, 1.82) is 0 Å². The van der Waals surface area contributed by atoms with Gasteiger partial charge in [-0.15, -0.1) is 0 Å². The van der Waals surface area contributed by atoms with Crippen LogP contribution in [-0.4, -0.2) is 24.2 Å². The highest BCUT2D eigenvalue weighted by Gasteiger charge is 2.21. The fraction of sp³-hybridized carbons (Fsp3) is 0.667. The van der Waals surface area contributed by atoms with Crippen LogP contribution in [0.4, 0.5) is 5.82 Å².